The molecule has 0 atom stereocenters. The van der Waals surface area contributed by atoms with E-state index in [0.29, 0.717) is 21.9 Å². The number of benzene rings is 2. The fourth-order valence-corrected chi connectivity index (χ4v) is 5.87. The molecular weight excluding hydrogens is 450 g/mol. The third-order valence-corrected chi connectivity index (χ3v) is 8.22. The van der Waals surface area contributed by atoms with Crippen molar-refractivity contribution in [2.75, 3.05) is 18.0 Å². The predicted octanol–water partition coefficient (Wildman–Crippen LogP) is 4.83. The number of hydrogen-bond donors (Lipinski definition) is 2. The number of aliphatic hydroxyl groups is 1. The van der Waals surface area contributed by atoms with Gasteiger partial charge in [-0.15, -0.1) is 0 Å². The molecule has 1 saturated heterocycles. The maximum atomic E-state index is 13.1. The Morgan fingerprint density at radius 3 is 2.29 bits per heavy atom. The smallest absolute Gasteiger partial charge is 0.251 e. The molecule has 7 heteroatoms. The Balaban J connectivity index is 1.19. The van der Waals surface area contributed by atoms with Crippen molar-refractivity contribution in [1.82, 2.24) is 5.32 Å². The number of carbonyl (C=O) groups is 1. The molecule has 1 aliphatic heterocycles. The first-order valence-corrected chi connectivity index (χ1v) is 12.5. The van der Waals surface area contributed by atoms with Gasteiger partial charge >= 0.3 is 0 Å². The molecule has 34 heavy (non-hydrogen) atoms. The SMILES string of the molecule is N#Cc1ccc(OC23CCC(NC(=O)c4ccc(N5CCC(O)CC5)cc4)(CC2)CC3)cc1Cl. The Labute approximate surface area is 205 Å². The number of rotatable bonds is 5. The fraction of sp³-hybridized carbons (Fsp3) is 0.481. The molecule has 178 valence electrons. The third-order valence-electron chi connectivity index (χ3n) is 7.91. The zero-order chi connectivity index (χ0) is 23.8. The van der Waals surface area contributed by atoms with Crippen molar-refractivity contribution in [2.24, 2.45) is 0 Å². The molecule has 1 heterocycles. The Kier molecular flexibility index (Phi) is 6.18. The van der Waals surface area contributed by atoms with Crippen LogP contribution >= 0.6 is 11.6 Å². The van der Waals surface area contributed by atoms with Gasteiger partial charge < -0.3 is 20.1 Å². The van der Waals surface area contributed by atoms with Crippen LogP contribution in [0.3, 0.4) is 0 Å². The first-order chi connectivity index (χ1) is 16.4. The second-order valence-corrected chi connectivity index (χ2v) is 10.4. The number of aliphatic hydroxyl groups excluding tert-OH is 1. The van der Waals surface area contributed by atoms with Crippen molar-refractivity contribution in [2.45, 2.75) is 68.6 Å². The van der Waals surface area contributed by atoms with E-state index in [0.717, 1.165) is 70.1 Å². The van der Waals surface area contributed by atoms with E-state index in [9.17, 15) is 9.90 Å². The normalized spacial score (nSPS) is 26.7. The molecule has 4 aliphatic rings. The molecule has 3 aliphatic carbocycles. The number of nitrogens with one attached hydrogen (secondary N) is 1. The second kappa shape index (κ2) is 9.13. The summed E-state index contributed by atoms with van der Waals surface area (Å²) in [6.07, 6.45) is 6.67. The highest BCUT2D eigenvalue weighted by Gasteiger charge is 2.50. The van der Waals surface area contributed by atoms with Crippen LogP contribution in [0.2, 0.25) is 5.02 Å². The number of halogens is 1. The number of carbonyl (C=O) groups excluding carboxylic acids is 1. The van der Waals surface area contributed by atoms with Crippen molar-refractivity contribution < 1.29 is 14.6 Å². The van der Waals surface area contributed by atoms with Crippen LogP contribution in [0.15, 0.2) is 42.5 Å². The van der Waals surface area contributed by atoms with Crippen molar-refractivity contribution in [1.29, 1.82) is 5.26 Å². The Hall–Kier alpha value is -2.75. The molecule has 0 unspecified atom stereocenters. The summed E-state index contributed by atoms with van der Waals surface area (Å²) in [7, 11) is 0. The van der Waals surface area contributed by atoms with E-state index in [2.05, 4.69) is 16.3 Å². The topological polar surface area (TPSA) is 85.6 Å². The number of fused-ring (bicyclic) bond motifs is 3. The van der Waals surface area contributed by atoms with Gasteiger partial charge in [0.25, 0.3) is 5.91 Å². The van der Waals surface area contributed by atoms with Crippen LogP contribution in [0.1, 0.15) is 67.3 Å². The molecule has 6 rings (SSSR count). The van der Waals surface area contributed by atoms with Gasteiger partial charge in [0, 0.05) is 35.9 Å². The molecule has 0 spiro atoms. The highest BCUT2D eigenvalue weighted by atomic mass is 35.5. The highest BCUT2D eigenvalue weighted by Crippen LogP contribution is 2.49. The van der Waals surface area contributed by atoms with E-state index >= 15 is 0 Å². The van der Waals surface area contributed by atoms with Gasteiger partial charge in [-0.1, -0.05) is 11.6 Å². The molecule has 0 aromatic heterocycles. The van der Waals surface area contributed by atoms with E-state index in [-0.39, 0.29) is 23.2 Å². The summed E-state index contributed by atoms with van der Waals surface area (Å²) >= 11 is 6.18. The first-order valence-electron chi connectivity index (χ1n) is 12.1. The summed E-state index contributed by atoms with van der Waals surface area (Å²) in [4.78, 5) is 15.3. The minimum Gasteiger partial charge on any atom is -0.487 e. The molecule has 0 radical (unpaired) electrons. The number of nitrogens with zero attached hydrogens (tertiary/aromatic N) is 2. The zero-order valence-electron chi connectivity index (χ0n) is 19.2. The molecule has 6 nitrogen and oxygen atoms in total. The van der Waals surface area contributed by atoms with Crippen LogP contribution in [0, 0.1) is 11.3 Å². The van der Waals surface area contributed by atoms with Crippen molar-refractivity contribution in [3.63, 3.8) is 0 Å². The minimum absolute atomic E-state index is 0.0187. The number of ether oxygens (including phenoxy) is 1. The number of amides is 1. The zero-order valence-corrected chi connectivity index (χ0v) is 20.0. The lowest BCUT2D eigenvalue weighted by molar-refractivity contribution is -0.0507. The summed E-state index contributed by atoms with van der Waals surface area (Å²) in [6.45, 7) is 1.68. The standard InChI is InChI=1S/C27H30ClN3O3/c28-24-17-23(6-3-20(24)18-29)34-27-12-9-26(10-13-27,11-14-27)30-25(33)19-1-4-21(5-2-19)31-15-7-22(32)8-16-31/h1-6,17,22,32H,7-16H2,(H,30,33). The van der Waals surface area contributed by atoms with Crippen LogP contribution < -0.4 is 15.0 Å². The van der Waals surface area contributed by atoms with Crippen molar-refractivity contribution in [3.05, 3.63) is 58.6 Å². The second-order valence-electron chi connectivity index (χ2n) is 10.0. The molecule has 2 bridgehead atoms. The van der Waals surface area contributed by atoms with Gasteiger partial charge in [0.05, 0.1) is 16.7 Å². The molecule has 4 fully saturated rings. The van der Waals surface area contributed by atoms with Crippen LogP contribution in [-0.2, 0) is 0 Å². The van der Waals surface area contributed by atoms with E-state index in [1.807, 2.05) is 30.3 Å². The lowest BCUT2D eigenvalue weighted by Crippen LogP contribution is -2.60. The van der Waals surface area contributed by atoms with Crippen molar-refractivity contribution in [3.8, 4) is 11.8 Å². The van der Waals surface area contributed by atoms with Gasteiger partial charge in [0.15, 0.2) is 0 Å². The summed E-state index contributed by atoms with van der Waals surface area (Å²) in [6, 6.07) is 15.1. The average Bonchev–Trinajstić information content (AvgIpc) is 2.86. The lowest BCUT2D eigenvalue weighted by atomic mass is 9.63. The van der Waals surface area contributed by atoms with Crippen LogP contribution in [-0.4, -0.2) is 41.3 Å². The summed E-state index contributed by atoms with van der Waals surface area (Å²) < 4.78 is 6.40. The Morgan fingerprint density at radius 1 is 1.06 bits per heavy atom. The van der Waals surface area contributed by atoms with Gasteiger partial charge in [-0.25, -0.2) is 0 Å². The van der Waals surface area contributed by atoms with Crippen LogP contribution in [0.4, 0.5) is 5.69 Å². The van der Waals surface area contributed by atoms with Gasteiger partial charge in [-0.3, -0.25) is 4.79 Å². The molecular formula is C27H30ClN3O3. The molecule has 2 N–H and O–H groups in total. The predicted molar refractivity (Wildman–Crippen MR) is 131 cm³/mol. The molecule has 2 aromatic carbocycles. The summed E-state index contributed by atoms with van der Waals surface area (Å²) in [5.74, 6) is 0.681. The Morgan fingerprint density at radius 2 is 1.71 bits per heavy atom. The maximum absolute atomic E-state index is 13.1. The molecule has 3 saturated carbocycles. The fourth-order valence-electron chi connectivity index (χ4n) is 5.65. The molecule has 1 amide bonds. The third kappa shape index (κ3) is 4.60. The number of hydrogen-bond acceptors (Lipinski definition) is 5. The summed E-state index contributed by atoms with van der Waals surface area (Å²) in [5, 5.41) is 22.6. The summed E-state index contributed by atoms with van der Waals surface area (Å²) in [5.41, 5.74) is 1.82. The van der Waals surface area contributed by atoms with E-state index < -0.39 is 0 Å². The molecule has 2 aromatic rings. The van der Waals surface area contributed by atoms with Crippen molar-refractivity contribution >= 4 is 23.2 Å². The van der Waals surface area contributed by atoms with Gasteiger partial charge in [-0.2, -0.15) is 5.26 Å². The Bertz CT molecular complexity index is 1080. The van der Waals surface area contributed by atoms with E-state index in [1.165, 1.54) is 0 Å². The number of nitriles is 1. The quantitative estimate of drug-likeness (QED) is 0.641. The van der Waals surface area contributed by atoms with E-state index in [1.54, 1.807) is 12.1 Å². The van der Waals surface area contributed by atoms with Gasteiger partial charge in [0.1, 0.15) is 17.4 Å². The van der Waals surface area contributed by atoms with Crippen LogP contribution in [0.25, 0.3) is 0 Å². The van der Waals surface area contributed by atoms with E-state index in [4.69, 9.17) is 21.6 Å². The maximum Gasteiger partial charge on any atom is 0.251 e. The number of anilines is 1. The first kappa shape index (κ1) is 23.0. The van der Waals surface area contributed by atoms with Gasteiger partial charge in [0.2, 0.25) is 0 Å². The number of piperidine rings is 1. The van der Waals surface area contributed by atoms with Gasteiger partial charge in [-0.05, 0) is 87.8 Å². The largest absolute Gasteiger partial charge is 0.487 e. The minimum atomic E-state index is -0.229. The average molecular weight is 480 g/mol. The monoisotopic (exact) mass is 479 g/mol. The van der Waals surface area contributed by atoms with Crippen LogP contribution in [0.5, 0.6) is 5.75 Å². The highest BCUT2D eigenvalue weighted by molar-refractivity contribution is 6.31. The lowest BCUT2D eigenvalue weighted by Gasteiger charge is -2.53.